The van der Waals surface area contributed by atoms with Gasteiger partial charge in [-0.05, 0) is 101 Å². The fourth-order valence-electron chi connectivity index (χ4n) is 8.16. The van der Waals surface area contributed by atoms with Crippen molar-refractivity contribution in [2.75, 3.05) is 13.1 Å². The maximum atomic E-state index is 13.8. The van der Waals surface area contributed by atoms with Crippen LogP contribution >= 0.6 is 0 Å². The van der Waals surface area contributed by atoms with Gasteiger partial charge in [-0.15, -0.1) is 0 Å². The van der Waals surface area contributed by atoms with Crippen molar-refractivity contribution in [1.29, 1.82) is 0 Å². The van der Waals surface area contributed by atoms with Crippen LogP contribution in [0.5, 0.6) is 0 Å². The van der Waals surface area contributed by atoms with Crippen LogP contribution in [0.15, 0.2) is 60.8 Å². The summed E-state index contributed by atoms with van der Waals surface area (Å²) < 4.78 is 13.8. The van der Waals surface area contributed by atoms with Gasteiger partial charge in [-0.3, -0.25) is 0 Å². The van der Waals surface area contributed by atoms with Crippen LogP contribution in [0.4, 0.5) is 4.39 Å². The van der Waals surface area contributed by atoms with E-state index >= 15 is 0 Å². The summed E-state index contributed by atoms with van der Waals surface area (Å²) in [5.41, 5.74) is 12.5. The van der Waals surface area contributed by atoms with Crippen LogP contribution in [-0.2, 0) is 6.42 Å². The molecular weight excluding hydrogens is 535 g/mol. The highest BCUT2D eigenvalue weighted by molar-refractivity contribution is 5.86. The number of nitrogens with one attached hydrogen (secondary N) is 4. The molecule has 5 aromatic rings. The molecule has 2 aliphatic heterocycles. The van der Waals surface area contributed by atoms with Gasteiger partial charge in [0.25, 0.3) is 0 Å². The van der Waals surface area contributed by atoms with E-state index < -0.39 is 6.17 Å². The van der Waals surface area contributed by atoms with Gasteiger partial charge in [-0.25, -0.2) is 14.4 Å². The molecule has 0 spiro atoms. The molecule has 9 rings (SSSR count). The first kappa shape index (κ1) is 25.7. The highest BCUT2D eigenvalue weighted by Crippen LogP contribution is 2.56. The summed E-state index contributed by atoms with van der Waals surface area (Å²) in [5.74, 6) is 3.99. The van der Waals surface area contributed by atoms with E-state index in [-0.39, 0.29) is 6.04 Å². The van der Waals surface area contributed by atoms with Gasteiger partial charge < -0.3 is 20.6 Å². The second-order valence-corrected chi connectivity index (χ2v) is 13.4. The molecule has 2 aliphatic carbocycles. The van der Waals surface area contributed by atoms with Crippen LogP contribution in [0.25, 0.3) is 44.5 Å². The van der Waals surface area contributed by atoms with Crippen molar-refractivity contribution < 1.29 is 4.39 Å². The Balaban J connectivity index is 1.04. The van der Waals surface area contributed by atoms with Crippen LogP contribution in [0.1, 0.15) is 73.4 Å². The average molecular weight is 573 g/mol. The molecule has 7 heteroatoms. The molecule has 218 valence electrons. The number of fused-ring (bicyclic) bond motifs is 4. The Labute approximate surface area is 250 Å². The van der Waals surface area contributed by atoms with E-state index in [1.165, 1.54) is 46.2 Å². The first-order valence-electron chi connectivity index (χ1n) is 16.0. The molecule has 6 nitrogen and oxygen atoms in total. The van der Waals surface area contributed by atoms with Crippen molar-refractivity contribution >= 4 is 11.0 Å². The summed E-state index contributed by atoms with van der Waals surface area (Å²) in [7, 11) is 0. The number of nitrogens with zero attached hydrogens (tertiary/aromatic N) is 2. The first-order valence-corrected chi connectivity index (χ1v) is 16.0. The minimum absolute atomic E-state index is 0.0418. The van der Waals surface area contributed by atoms with E-state index in [0.29, 0.717) is 30.8 Å². The average Bonchev–Trinajstić information content (AvgIpc) is 3.83. The Morgan fingerprint density at radius 1 is 0.791 bits per heavy atom. The predicted octanol–water partition coefficient (Wildman–Crippen LogP) is 7.38. The van der Waals surface area contributed by atoms with Crippen molar-refractivity contribution in [1.82, 2.24) is 30.6 Å². The molecule has 4 N–H and O–H groups in total. The number of benzene rings is 3. The Kier molecular flexibility index (Phi) is 5.89. The van der Waals surface area contributed by atoms with Crippen LogP contribution in [0.3, 0.4) is 0 Å². The van der Waals surface area contributed by atoms with Gasteiger partial charge in [0.2, 0.25) is 0 Å². The van der Waals surface area contributed by atoms with Gasteiger partial charge in [0.1, 0.15) is 17.8 Å². The number of halogens is 1. The monoisotopic (exact) mass is 572 g/mol. The third-order valence-electron chi connectivity index (χ3n) is 10.6. The molecule has 0 bridgehead atoms. The fourth-order valence-corrected chi connectivity index (χ4v) is 8.16. The number of aromatic nitrogens is 4. The van der Waals surface area contributed by atoms with Crippen LogP contribution in [0.2, 0.25) is 0 Å². The molecule has 2 saturated heterocycles. The van der Waals surface area contributed by atoms with Crippen LogP contribution < -0.4 is 10.6 Å². The summed E-state index contributed by atoms with van der Waals surface area (Å²) in [4.78, 5) is 16.5. The molecule has 6 atom stereocenters. The van der Waals surface area contributed by atoms with Gasteiger partial charge >= 0.3 is 0 Å². The van der Waals surface area contributed by atoms with Gasteiger partial charge in [0.05, 0.1) is 35.0 Å². The molecule has 43 heavy (non-hydrogen) atoms. The zero-order valence-electron chi connectivity index (χ0n) is 24.5. The lowest BCUT2D eigenvalue weighted by atomic mass is 9.73. The molecule has 4 aliphatic rings. The third kappa shape index (κ3) is 4.27. The predicted molar refractivity (Wildman–Crippen MR) is 168 cm³/mol. The second kappa shape index (κ2) is 9.86. The molecule has 3 fully saturated rings. The summed E-state index contributed by atoms with van der Waals surface area (Å²) in [5, 5.41) is 6.83. The molecule has 0 radical (unpaired) electrons. The third-order valence-corrected chi connectivity index (χ3v) is 10.6. The molecule has 2 aromatic heterocycles. The molecule has 1 saturated carbocycles. The Morgan fingerprint density at radius 2 is 1.58 bits per heavy atom. The number of hydrogen-bond donors (Lipinski definition) is 4. The topological polar surface area (TPSA) is 81.4 Å². The summed E-state index contributed by atoms with van der Waals surface area (Å²) in [6.45, 7) is 3.74. The quantitative estimate of drug-likeness (QED) is 0.177. The van der Waals surface area contributed by atoms with E-state index in [4.69, 9.17) is 9.97 Å². The van der Waals surface area contributed by atoms with Crippen molar-refractivity contribution in [2.45, 2.75) is 63.2 Å². The van der Waals surface area contributed by atoms with Gasteiger partial charge in [0.15, 0.2) is 0 Å². The first-order chi connectivity index (χ1) is 21.1. The molecule has 6 unspecified atom stereocenters. The second-order valence-electron chi connectivity index (χ2n) is 13.4. The summed E-state index contributed by atoms with van der Waals surface area (Å²) in [6.07, 6.45) is 6.54. The Hall–Kier alpha value is -3.81. The highest BCUT2D eigenvalue weighted by atomic mass is 19.1. The van der Waals surface area contributed by atoms with Gasteiger partial charge in [0, 0.05) is 13.0 Å². The Morgan fingerprint density at radius 3 is 2.35 bits per heavy atom. The number of hydrogen-bond acceptors (Lipinski definition) is 4. The van der Waals surface area contributed by atoms with Gasteiger partial charge in [-0.1, -0.05) is 49.4 Å². The normalized spacial score (nSPS) is 27.9. The fraction of sp³-hybridized carbons (Fsp3) is 0.389. The minimum Gasteiger partial charge on any atom is -0.341 e. The number of alkyl halides is 1. The highest BCUT2D eigenvalue weighted by Gasteiger charge is 2.42. The maximum Gasteiger partial charge on any atom is 0.124 e. The lowest BCUT2D eigenvalue weighted by Gasteiger charge is -2.31. The van der Waals surface area contributed by atoms with E-state index in [1.54, 1.807) is 5.56 Å². The van der Waals surface area contributed by atoms with Crippen molar-refractivity contribution in [3.8, 4) is 33.5 Å². The van der Waals surface area contributed by atoms with E-state index in [9.17, 15) is 4.39 Å². The number of aromatic amines is 2. The largest absolute Gasteiger partial charge is 0.341 e. The maximum absolute atomic E-state index is 13.8. The lowest BCUT2D eigenvalue weighted by Crippen LogP contribution is -2.19. The smallest absolute Gasteiger partial charge is 0.124 e. The summed E-state index contributed by atoms with van der Waals surface area (Å²) >= 11 is 0. The standard InChI is InChI=1S/C36H37FN6/c1-19-12-31(38-16-19)35-40-18-33(43-35)21-4-2-20(3-5-21)26-10-9-25(28-13-22-6-8-27(22)34(26)28)23-7-11-29-30(14-23)42-36(41-29)32-15-24(37)17-39-32/h2-5,7,9-11,14,18-19,22,24,27,31-32,38-39H,6,8,12-13,15-17H2,1H3,(H,40,43)(H,41,42). The summed E-state index contributed by atoms with van der Waals surface area (Å²) in [6, 6.07) is 20.5. The molecule has 3 aromatic carbocycles. The number of imidazole rings is 2. The minimum atomic E-state index is -0.803. The Bertz CT molecular complexity index is 1840. The van der Waals surface area contributed by atoms with E-state index in [1.807, 2.05) is 6.20 Å². The molecule has 4 heterocycles. The van der Waals surface area contributed by atoms with Crippen molar-refractivity contribution in [3.05, 3.63) is 83.6 Å². The van der Waals surface area contributed by atoms with E-state index in [2.05, 4.69) is 82.1 Å². The van der Waals surface area contributed by atoms with E-state index in [0.717, 1.165) is 53.7 Å². The molecular formula is C36H37FN6. The zero-order chi connectivity index (χ0) is 28.7. The number of H-pyrrole nitrogens is 2. The van der Waals surface area contributed by atoms with Crippen molar-refractivity contribution in [3.63, 3.8) is 0 Å². The van der Waals surface area contributed by atoms with Crippen LogP contribution in [0, 0.1) is 11.8 Å². The SMILES string of the molecule is CC1CNC(c2ncc(-c3ccc(-c4ccc(-c5ccc6nc(C7CC(F)CN7)[nH]c6c5)c5c4C4CCC4C5)cc3)[nH]2)C1. The van der Waals surface area contributed by atoms with Crippen molar-refractivity contribution in [2.24, 2.45) is 11.8 Å². The lowest BCUT2D eigenvalue weighted by molar-refractivity contribution is 0.281. The molecule has 0 amide bonds. The van der Waals surface area contributed by atoms with Gasteiger partial charge in [-0.2, -0.15) is 0 Å². The zero-order valence-corrected chi connectivity index (χ0v) is 24.5. The number of rotatable bonds is 5. The van der Waals surface area contributed by atoms with Crippen LogP contribution in [-0.4, -0.2) is 39.2 Å².